The minimum Gasteiger partial charge on any atom is -0.399 e. The Balaban J connectivity index is 2.19. The smallest absolute Gasteiger partial charge is 0.148 e. The predicted octanol–water partition coefficient (Wildman–Crippen LogP) is 2.79. The van der Waals surface area contributed by atoms with Gasteiger partial charge in [0.1, 0.15) is 5.82 Å². The zero-order chi connectivity index (χ0) is 10.7. The summed E-state index contributed by atoms with van der Waals surface area (Å²) < 4.78 is 13.6. The molecule has 0 bridgehead atoms. The van der Waals surface area contributed by atoms with Gasteiger partial charge in [-0.2, -0.15) is 0 Å². The number of nitrogens with zero attached hydrogens (tertiary/aromatic N) is 1. The Morgan fingerprint density at radius 3 is 2.33 bits per heavy atom. The number of benzene rings is 1. The van der Waals surface area contributed by atoms with Gasteiger partial charge in [-0.3, -0.25) is 0 Å². The first-order valence-corrected chi connectivity index (χ1v) is 5.57. The molecule has 1 aliphatic heterocycles. The van der Waals surface area contributed by atoms with Crippen molar-refractivity contribution in [2.45, 2.75) is 25.7 Å². The normalized spacial score (nSPS) is 17.5. The quantitative estimate of drug-likeness (QED) is 0.719. The van der Waals surface area contributed by atoms with Crippen LogP contribution in [-0.4, -0.2) is 13.1 Å². The van der Waals surface area contributed by atoms with Crippen LogP contribution in [0.5, 0.6) is 0 Å². The number of hydrogen-bond donors (Lipinski definition) is 1. The lowest BCUT2D eigenvalue weighted by Gasteiger charge is -2.23. The standard InChI is InChI=1S/C12H17FN2/c13-11-9-10(14)5-6-12(11)15-7-3-1-2-4-8-15/h5-6,9H,1-4,7-8,14H2. The van der Waals surface area contributed by atoms with Crippen LogP contribution >= 0.6 is 0 Å². The lowest BCUT2D eigenvalue weighted by atomic mass is 10.2. The summed E-state index contributed by atoms with van der Waals surface area (Å²) in [5, 5.41) is 0. The molecule has 1 saturated heterocycles. The Morgan fingerprint density at radius 1 is 1.07 bits per heavy atom. The molecule has 1 aliphatic rings. The fourth-order valence-corrected chi connectivity index (χ4v) is 2.09. The van der Waals surface area contributed by atoms with Gasteiger partial charge >= 0.3 is 0 Å². The fraction of sp³-hybridized carbons (Fsp3) is 0.500. The highest BCUT2D eigenvalue weighted by Crippen LogP contribution is 2.24. The van der Waals surface area contributed by atoms with Crippen molar-refractivity contribution < 1.29 is 4.39 Å². The van der Waals surface area contributed by atoms with E-state index < -0.39 is 0 Å². The van der Waals surface area contributed by atoms with Gasteiger partial charge in [-0.1, -0.05) is 12.8 Å². The van der Waals surface area contributed by atoms with E-state index in [1.807, 2.05) is 0 Å². The summed E-state index contributed by atoms with van der Waals surface area (Å²) in [6, 6.07) is 4.96. The molecule has 2 nitrogen and oxygen atoms in total. The Morgan fingerprint density at radius 2 is 1.73 bits per heavy atom. The second-order valence-electron chi connectivity index (χ2n) is 4.11. The summed E-state index contributed by atoms with van der Waals surface area (Å²) in [7, 11) is 0. The first kappa shape index (κ1) is 10.3. The SMILES string of the molecule is Nc1ccc(N2CCCCCC2)c(F)c1. The van der Waals surface area contributed by atoms with E-state index >= 15 is 0 Å². The second kappa shape index (κ2) is 4.51. The molecule has 0 aromatic heterocycles. The van der Waals surface area contributed by atoms with Crippen LogP contribution in [-0.2, 0) is 0 Å². The van der Waals surface area contributed by atoms with Gasteiger partial charge in [-0.05, 0) is 31.0 Å². The predicted molar refractivity (Wildman–Crippen MR) is 61.5 cm³/mol. The Labute approximate surface area is 89.9 Å². The third-order valence-corrected chi connectivity index (χ3v) is 2.92. The summed E-state index contributed by atoms with van der Waals surface area (Å²) in [5.41, 5.74) is 6.72. The average molecular weight is 208 g/mol. The van der Waals surface area contributed by atoms with Gasteiger partial charge in [-0.15, -0.1) is 0 Å². The van der Waals surface area contributed by atoms with Crippen LogP contribution in [0.1, 0.15) is 25.7 Å². The van der Waals surface area contributed by atoms with Crippen LogP contribution in [0, 0.1) is 5.82 Å². The molecule has 0 atom stereocenters. The monoisotopic (exact) mass is 208 g/mol. The van der Waals surface area contributed by atoms with Crippen molar-refractivity contribution in [2.24, 2.45) is 0 Å². The summed E-state index contributed by atoms with van der Waals surface area (Å²) in [5.74, 6) is -0.197. The zero-order valence-electron chi connectivity index (χ0n) is 8.88. The highest BCUT2D eigenvalue weighted by Gasteiger charge is 2.13. The van der Waals surface area contributed by atoms with E-state index in [0.717, 1.165) is 25.9 Å². The average Bonchev–Trinajstić information content (AvgIpc) is 2.46. The molecular formula is C12H17FN2. The molecule has 2 rings (SSSR count). The van der Waals surface area contributed by atoms with Gasteiger partial charge in [0.2, 0.25) is 0 Å². The number of halogens is 1. The topological polar surface area (TPSA) is 29.3 Å². The van der Waals surface area contributed by atoms with E-state index in [2.05, 4.69) is 4.90 Å². The minimum absolute atomic E-state index is 0.197. The molecule has 0 unspecified atom stereocenters. The summed E-state index contributed by atoms with van der Waals surface area (Å²) >= 11 is 0. The molecule has 1 aromatic rings. The van der Waals surface area contributed by atoms with Crippen LogP contribution < -0.4 is 10.6 Å². The number of anilines is 2. The minimum atomic E-state index is -0.197. The van der Waals surface area contributed by atoms with E-state index in [9.17, 15) is 4.39 Å². The molecule has 15 heavy (non-hydrogen) atoms. The first-order valence-electron chi connectivity index (χ1n) is 5.57. The molecule has 82 valence electrons. The van der Waals surface area contributed by atoms with E-state index in [1.54, 1.807) is 12.1 Å². The summed E-state index contributed by atoms with van der Waals surface area (Å²) in [4.78, 5) is 2.13. The Bertz CT molecular complexity index is 330. The summed E-state index contributed by atoms with van der Waals surface area (Å²) in [6.07, 6.45) is 4.83. The van der Waals surface area contributed by atoms with Gasteiger partial charge in [-0.25, -0.2) is 4.39 Å². The lowest BCUT2D eigenvalue weighted by molar-refractivity contribution is 0.617. The molecule has 1 fully saturated rings. The molecule has 0 amide bonds. The molecule has 0 aliphatic carbocycles. The number of nitrogen functional groups attached to an aromatic ring is 1. The van der Waals surface area contributed by atoms with E-state index in [-0.39, 0.29) is 5.82 Å². The van der Waals surface area contributed by atoms with Gasteiger partial charge < -0.3 is 10.6 Å². The third kappa shape index (κ3) is 2.41. The van der Waals surface area contributed by atoms with Crippen LogP contribution in [0.2, 0.25) is 0 Å². The van der Waals surface area contributed by atoms with Gasteiger partial charge in [0.05, 0.1) is 5.69 Å². The van der Waals surface area contributed by atoms with Gasteiger partial charge in [0.25, 0.3) is 0 Å². The number of nitrogens with two attached hydrogens (primary N) is 1. The van der Waals surface area contributed by atoms with Crippen LogP contribution in [0.25, 0.3) is 0 Å². The second-order valence-corrected chi connectivity index (χ2v) is 4.11. The Hall–Kier alpha value is -1.25. The number of hydrogen-bond acceptors (Lipinski definition) is 2. The van der Waals surface area contributed by atoms with E-state index in [1.165, 1.54) is 18.9 Å². The first-order chi connectivity index (χ1) is 7.27. The van der Waals surface area contributed by atoms with Crippen molar-refractivity contribution >= 4 is 11.4 Å². The molecule has 0 radical (unpaired) electrons. The van der Waals surface area contributed by atoms with E-state index in [4.69, 9.17) is 5.73 Å². The largest absolute Gasteiger partial charge is 0.399 e. The maximum absolute atomic E-state index is 13.6. The van der Waals surface area contributed by atoms with Crippen molar-refractivity contribution in [3.8, 4) is 0 Å². The maximum atomic E-state index is 13.6. The van der Waals surface area contributed by atoms with Gasteiger partial charge in [0.15, 0.2) is 0 Å². The van der Waals surface area contributed by atoms with Crippen LogP contribution in [0.4, 0.5) is 15.8 Å². The highest BCUT2D eigenvalue weighted by atomic mass is 19.1. The lowest BCUT2D eigenvalue weighted by Crippen LogP contribution is -2.24. The molecule has 2 N–H and O–H groups in total. The maximum Gasteiger partial charge on any atom is 0.148 e. The van der Waals surface area contributed by atoms with Gasteiger partial charge in [0, 0.05) is 18.8 Å². The third-order valence-electron chi connectivity index (χ3n) is 2.92. The summed E-state index contributed by atoms with van der Waals surface area (Å²) in [6.45, 7) is 1.92. The number of rotatable bonds is 1. The molecule has 0 saturated carbocycles. The fourth-order valence-electron chi connectivity index (χ4n) is 2.09. The zero-order valence-corrected chi connectivity index (χ0v) is 8.88. The van der Waals surface area contributed by atoms with Crippen molar-refractivity contribution in [3.05, 3.63) is 24.0 Å². The van der Waals surface area contributed by atoms with Crippen molar-refractivity contribution in [1.29, 1.82) is 0 Å². The molecule has 1 heterocycles. The molecule has 1 aromatic carbocycles. The molecular weight excluding hydrogens is 191 g/mol. The van der Waals surface area contributed by atoms with Crippen LogP contribution in [0.15, 0.2) is 18.2 Å². The van der Waals surface area contributed by atoms with Crippen LogP contribution in [0.3, 0.4) is 0 Å². The van der Waals surface area contributed by atoms with Crippen molar-refractivity contribution in [2.75, 3.05) is 23.7 Å². The Kier molecular flexibility index (Phi) is 3.09. The highest BCUT2D eigenvalue weighted by molar-refractivity contribution is 5.54. The van der Waals surface area contributed by atoms with Crippen molar-refractivity contribution in [3.63, 3.8) is 0 Å². The van der Waals surface area contributed by atoms with Crippen molar-refractivity contribution in [1.82, 2.24) is 0 Å². The molecule has 3 heteroatoms. The van der Waals surface area contributed by atoms with E-state index in [0.29, 0.717) is 11.4 Å². The molecule has 0 spiro atoms.